The van der Waals surface area contributed by atoms with E-state index in [9.17, 15) is 9.50 Å². The van der Waals surface area contributed by atoms with E-state index in [2.05, 4.69) is 0 Å². The van der Waals surface area contributed by atoms with Crippen LogP contribution in [0.2, 0.25) is 5.02 Å². The number of ether oxygens (including phenoxy) is 1. The lowest BCUT2D eigenvalue weighted by Crippen LogP contribution is -2.38. The van der Waals surface area contributed by atoms with Gasteiger partial charge in [-0.05, 0) is 39.1 Å². The first-order valence-electron chi connectivity index (χ1n) is 5.77. The lowest BCUT2D eigenvalue weighted by atomic mass is 10.1. The molecule has 0 saturated heterocycles. The van der Waals surface area contributed by atoms with Crippen molar-refractivity contribution in [1.29, 1.82) is 0 Å². The predicted molar refractivity (Wildman–Crippen MR) is 70.7 cm³/mol. The lowest BCUT2D eigenvalue weighted by Gasteiger charge is -2.25. The van der Waals surface area contributed by atoms with Gasteiger partial charge in [-0.25, -0.2) is 4.39 Å². The third-order valence-electron chi connectivity index (χ3n) is 2.28. The van der Waals surface area contributed by atoms with Crippen LogP contribution in [0.1, 0.15) is 13.8 Å². The summed E-state index contributed by atoms with van der Waals surface area (Å²) < 4.78 is 18.3. The molecule has 0 heterocycles. The minimum atomic E-state index is -0.734. The van der Waals surface area contributed by atoms with Gasteiger partial charge in [-0.15, -0.1) is 0 Å². The van der Waals surface area contributed by atoms with Crippen LogP contribution in [0, 0.1) is 5.82 Å². The second-order valence-electron chi connectivity index (χ2n) is 4.97. The first kappa shape index (κ1) is 15.2. The van der Waals surface area contributed by atoms with Crippen molar-refractivity contribution in [2.24, 2.45) is 0 Å². The van der Waals surface area contributed by atoms with Crippen molar-refractivity contribution in [3.05, 3.63) is 29.0 Å². The second-order valence-corrected chi connectivity index (χ2v) is 5.38. The van der Waals surface area contributed by atoms with Gasteiger partial charge in [-0.2, -0.15) is 0 Å². The van der Waals surface area contributed by atoms with E-state index in [0.29, 0.717) is 25.4 Å². The van der Waals surface area contributed by atoms with Gasteiger partial charge in [0, 0.05) is 13.1 Å². The molecule has 0 aliphatic carbocycles. The quantitative estimate of drug-likeness (QED) is 0.866. The zero-order chi connectivity index (χ0) is 13.8. The molecule has 0 bridgehead atoms. The maximum atomic E-state index is 12.8. The zero-order valence-electron chi connectivity index (χ0n) is 10.9. The summed E-state index contributed by atoms with van der Waals surface area (Å²) in [5.41, 5.74) is -0.734. The Morgan fingerprint density at radius 1 is 1.44 bits per heavy atom. The van der Waals surface area contributed by atoms with Crippen molar-refractivity contribution in [1.82, 2.24) is 4.90 Å². The molecule has 0 saturated carbocycles. The average molecular weight is 276 g/mol. The topological polar surface area (TPSA) is 32.7 Å². The number of halogens is 2. The van der Waals surface area contributed by atoms with Gasteiger partial charge in [-0.3, -0.25) is 0 Å². The van der Waals surface area contributed by atoms with E-state index in [-0.39, 0.29) is 10.8 Å². The van der Waals surface area contributed by atoms with Crippen LogP contribution in [-0.4, -0.2) is 42.4 Å². The van der Waals surface area contributed by atoms with Gasteiger partial charge in [0.15, 0.2) is 0 Å². The van der Waals surface area contributed by atoms with E-state index in [1.807, 2.05) is 11.9 Å². The van der Waals surface area contributed by atoms with Crippen LogP contribution in [0.3, 0.4) is 0 Å². The van der Waals surface area contributed by atoms with Crippen LogP contribution >= 0.6 is 11.6 Å². The molecule has 0 radical (unpaired) electrons. The predicted octanol–water partition coefficient (Wildman–Crippen LogP) is 2.56. The standard InChI is InChI=1S/C13H19ClFNO2/c1-13(2,17)9-16(3)6-7-18-12-5-4-10(15)8-11(12)14/h4-5,8,17H,6-7,9H2,1-3H3. The van der Waals surface area contributed by atoms with Gasteiger partial charge < -0.3 is 14.7 Å². The minimum Gasteiger partial charge on any atom is -0.491 e. The van der Waals surface area contributed by atoms with Gasteiger partial charge in [0.1, 0.15) is 18.2 Å². The molecule has 0 atom stereocenters. The molecule has 0 unspecified atom stereocenters. The monoisotopic (exact) mass is 275 g/mol. The van der Waals surface area contributed by atoms with Crippen LogP contribution < -0.4 is 4.74 Å². The molecule has 0 aromatic heterocycles. The van der Waals surface area contributed by atoms with Crippen molar-refractivity contribution in [3.8, 4) is 5.75 Å². The Hall–Kier alpha value is -0.840. The maximum Gasteiger partial charge on any atom is 0.138 e. The molecular formula is C13H19ClFNO2. The zero-order valence-corrected chi connectivity index (χ0v) is 11.7. The van der Waals surface area contributed by atoms with Crippen molar-refractivity contribution in [3.63, 3.8) is 0 Å². The van der Waals surface area contributed by atoms with E-state index in [1.54, 1.807) is 13.8 Å². The Bertz CT molecular complexity index is 393. The highest BCUT2D eigenvalue weighted by molar-refractivity contribution is 6.32. The molecule has 0 amide bonds. The van der Waals surface area contributed by atoms with Crippen molar-refractivity contribution >= 4 is 11.6 Å². The molecule has 0 spiro atoms. The second kappa shape index (κ2) is 6.36. The molecule has 102 valence electrons. The Kier molecular flexibility index (Phi) is 5.38. The normalized spacial score (nSPS) is 11.9. The summed E-state index contributed by atoms with van der Waals surface area (Å²) >= 11 is 5.83. The summed E-state index contributed by atoms with van der Waals surface area (Å²) in [5.74, 6) is 0.0845. The third kappa shape index (κ3) is 5.67. The van der Waals surface area contributed by atoms with Gasteiger partial charge in [0.05, 0.1) is 10.6 Å². The molecule has 3 nitrogen and oxygen atoms in total. The molecule has 0 fully saturated rings. The molecule has 18 heavy (non-hydrogen) atoms. The van der Waals surface area contributed by atoms with Crippen molar-refractivity contribution in [2.45, 2.75) is 19.4 Å². The number of benzene rings is 1. The van der Waals surface area contributed by atoms with E-state index in [1.165, 1.54) is 18.2 Å². The van der Waals surface area contributed by atoms with Crippen LogP contribution in [0.25, 0.3) is 0 Å². The minimum absolute atomic E-state index is 0.264. The van der Waals surface area contributed by atoms with Gasteiger partial charge in [0.2, 0.25) is 0 Å². The molecule has 1 rings (SSSR count). The van der Waals surface area contributed by atoms with Crippen molar-refractivity contribution in [2.75, 3.05) is 26.7 Å². The first-order valence-corrected chi connectivity index (χ1v) is 6.14. The first-order chi connectivity index (χ1) is 8.28. The number of rotatable bonds is 6. The fourth-order valence-corrected chi connectivity index (χ4v) is 1.87. The van der Waals surface area contributed by atoms with Gasteiger partial charge in [-0.1, -0.05) is 11.6 Å². The number of likely N-dealkylation sites (N-methyl/N-ethyl adjacent to an activating group) is 1. The largest absolute Gasteiger partial charge is 0.491 e. The summed E-state index contributed by atoms with van der Waals surface area (Å²) in [6.45, 7) is 5.13. The molecular weight excluding hydrogens is 257 g/mol. The summed E-state index contributed by atoms with van der Waals surface area (Å²) in [4.78, 5) is 1.96. The van der Waals surface area contributed by atoms with E-state index in [4.69, 9.17) is 16.3 Å². The summed E-state index contributed by atoms with van der Waals surface area (Å²) in [6, 6.07) is 4.03. The Labute approximate surface area is 112 Å². The summed E-state index contributed by atoms with van der Waals surface area (Å²) in [5, 5.41) is 9.90. The van der Waals surface area contributed by atoms with E-state index in [0.717, 1.165) is 0 Å². The van der Waals surface area contributed by atoms with Crippen LogP contribution in [0.5, 0.6) is 5.75 Å². The maximum absolute atomic E-state index is 12.8. The summed E-state index contributed by atoms with van der Waals surface area (Å²) in [6.07, 6.45) is 0. The van der Waals surface area contributed by atoms with Gasteiger partial charge >= 0.3 is 0 Å². The number of nitrogens with zero attached hydrogens (tertiary/aromatic N) is 1. The lowest BCUT2D eigenvalue weighted by molar-refractivity contribution is 0.0411. The van der Waals surface area contributed by atoms with Crippen molar-refractivity contribution < 1.29 is 14.2 Å². The van der Waals surface area contributed by atoms with Crippen LogP contribution in [0.15, 0.2) is 18.2 Å². The van der Waals surface area contributed by atoms with Crippen LogP contribution in [-0.2, 0) is 0 Å². The molecule has 1 aromatic carbocycles. The number of aliphatic hydroxyl groups is 1. The van der Waals surface area contributed by atoms with E-state index < -0.39 is 5.60 Å². The number of hydrogen-bond donors (Lipinski definition) is 1. The van der Waals surface area contributed by atoms with Gasteiger partial charge in [0.25, 0.3) is 0 Å². The highest BCUT2D eigenvalue weighted by Gasteiger charge is 2.15. The highest BCUT2D eigenvalue weighted by Crippen LogP contribution is 2.24. The molecule has 0 aliphatic heterocycles. The smallest absolute Gasteiger partial charge is 0.138 e. The fraction of sp³-hybridized carbons (Fsp3) is 0.538. The molecule has 1 N–H and O–H groups in total. The third-order valence-corrected chi connectivity index (χ3v) is 2.58. The van der Waals surface area contributed by atoms with Crippen LogP contribution in [0.4, 0.5) is 4.39 Å². The fourth-order valence-electron chi connectivity index (χ4n) is 1.64. The average Bonchev–Trinajstić information content (AvgIpc) is 2.18. The Morgan fingerprint density at radius 3 is 2.67 bits per heavy atom. The Morgan fingerprint density at radius 2 is 2.11 bits per heavy atom. The number of hydrogen-bond acceptors (Lipinski definition) is 3. The Balaban J connectivity index is 2.37. The molecule has 5 heteroatoms. The molecule has 1 aromatic rings. The SMILES string of the molecule is CN(CCOc1ccc(F)cc1Cl)CC(C)(C)O. The highest BCUT2D eigenvalue weighted by atomic mass is 35.5. The van der Waals surface area contributed by atoms with E-state index >= 15 is 0 Å². The molecule has 0 aliphatic rings. The summed E-state index contributed by atoms with van der Waals surface area (Å²) in [7, 11) is 1.90.